The molecule has 2 atom stereocenters. The third-order valence-electron chi connectivity index (χ3n) is 2.57. The predicted octanol–water partition coefficient (Wildman–Crippen LogP) is 3.35. The Balaban J connectivity index is 3.00. The van der Waals surface area contributed by atoms with Gasteiger partial charge in [-0.15, -0.1) is 0 Å². The molecule has 1 rings (SSSR count). The molecule has 0 aromatic heterocycles. The second-order valence-corrected chi connectivity index (χ2v) is 5.41. The molecule has 2 nitrogen and oxygen atoms in total. The third kappa shape index (κ3) is 2.98. The van der Waals surface area contributed by atoms with Crippen molar-refractivity contribution in [3.05, 3.63) is 34.9 Å². The fourth-order valence-electron chi connectivity index (χ4n) is 1.50. The van der Waals surface area contributed by atoms with E-state index in [4.69, 9.17) is 16.9 Å². The van der Waals surface area contributed by atoms with Crippen LogP contribution in [-0.2, 0) is 0 Å². The van der Waals surface area contributed by atoms with Gasteiger partial charge in [-0.1, -0.05) is 44.5 Å². The van der Waals surface area contributed by atoms with E-state index in [1.54, 1.807) is 24.3 Å². The van der Waals surface area contributed by atoms with Gasteiger partial charge in [0.1, 0.15) is 0 Å². The molecule has 3 heteroatoms. The van der Waals surface area contributed by atoms with Gasteiger partial charge < -0.3 is 5.11 Å². The molecule has 0 aliphatic heterocycles. The summed E-state index contributed by atoms with van der Waals surface area (Å²) >= 11 is 5.78. The Kier molecular flexibility index (Phi) is 3.96. The first kappa shape index (κ1) is 13.0. The van der Waals surface area contributed by atoms with Crippen molar-refractivity contribution >= 4 is 11.6 Å². The molecule has 0 fully saturated rings. The molecule has 86 valence electrons. The van der Waals surface area contributed by atoms with E-state index in [9.17, 15) is 5.11 Å². The van der Waals surface area contributed by atoms with Gasteiger partial charge in [0.25, 0.3) is 0 Å². The van der Waals surface area contributed by atoms with E-state index in [-0.39, 0.29) is 5.41 Å². The zero-order valence-electron chi connectivity index (χ0n) is 9.74. The Bertz CT molecular complexity index is 386. The standard InChI is InChI=1S/C13H16ClNO/c1-13(2,3)12(16)11(8-15)9-4-6-10(14)7-5-9/h4-7,11-12,16H,1-3H3/t11-,12+/m0/s1. The maximum absolute atomic E-state index is 10.1. The molecule has 1 N–H and O–H groups in total. The first-order valence-electron chi connectivity index (χ1n) is 5.19. The lowest BCUT2D eigenvalue weighted by Crippen LogP contribution is -2.31. The van der Waals surface area contributed by atoms with E-state index < -0.39 is 12.0 Å². The summed E-state index contributed by atoms with van der Waals surface area (Å²) in [5.74, 6) is -0.516. The van der Waals surface area contributed by atoms with Crippen LogP contribution in [0.4, 0.5) is 0 Å². The number of rotatable bonds is 2. The minimum atomic E-state index is -0.696. The van der Waals surface area contributed by atoms with Gasteiger partial charge in [0.15, 0.2) is 0 Å². The second kappa shape index (κ2) is 4.86. The van der Waals surface area contributed by atoms with E-state index in [2.05, 4.69) is 6.07 Å². The van der Waals surface area contributed by atoms with E-state index in [0.717, 1.165) is 5.56 Å². The van der Waals surface area contributed by atoms with E-state index in [1.807, 2.05) is 20.8 Å². The van der Waals surface area contributed by atoms with Crippen molar-refractivity contribution in [3.8, 4) is 6.07 Å². The Morgan fingerprint density at radius 1 is 1.25 bits per heavy atom. The number of hydrogen-bond acceptors (Lipinski definition) is 2. The Labute approximate surface area is 101 Å². The molecule has 0 spiro atoms. The average molecular weight is 238 g/mol. The Morgan fingerprint density at radius 2 is 1.75 bits per heavy atom. The molecule has 16 heavy (non-hydrogen) atoms. The van der Waals surface area contributed by atoms with Gasteiger partial charge in [0.2, 0.25) is 0 Å². The van der Waals surface area contributed by atoms with Crippen LogP contribution >= 0.6 is 11.6 Å². The van der Waals surface area contributed by atoms with E-state index in [0.29, 0.717) is 5.02 Å². The largest absolute Gasteiger partial charge is 0.391 e. The molecule has 0 saturated heterocycles. The number of nitriles is 1. The van der Waals surface area contributed by atoms with Crippen molar-refractivity contribution in [1.29, 1.82) is 5.26 Å². The SMILES string of the molecule is CC(C)(C)[C@H](O)[C@@H](C#N)c1ccc(Cl)cc1. The quantitative estimate of drug-likeness (QED) is 0.857. The molecule has 0 saturated carbocycles. The molecule has 0 aliphatic rings. The summed E-state index contributed by atoms with van der Waals surface area (Å²) in [4.78, 5) is 0. The van der Waals surface area contributed by atoms with Gasteiger partial charge in [-0.2, -0.15) is 5.26 Å². The van der Waals surface area contributed by atoms with E-state index >= 15 is 0 Å². The summed E-state index contributed by atoms with van der Waals surface area (Å²) in [6, 6.07) is 9.18. The minimum absolute atomic E-state index is 0.319. The summed E-state index contributed by atoms with van der Waals surface area (Å²) in [6.07, 6.45) is -0.696. The first-order valence-corrected chi connectivity index (χ1v) is 5.57. The van der Waals surface area contributed by atoms with Gasteiger partial charge >= 0.3 is 0 Å². The number of hydrogen-bond donors (Lipinski definition) is 1. The maximum atomic E-state index is 10.1. The number of halogens is 1. The highest BCUT2D eigenvalue weighted by Gasteiger charge is 2.31. The molecule has 0 aliphatic carbocycles. The monoisotopic (exact) mass is 237 g/mol. The lowest BCUT2D eigenvalue weighted by atomic mass is 9.79. The van der Waals surface area contributed by atoms with Crippen molar-refractivity contribution in [2.24, 2.45) is 5.41 Å². The number of nitrogens with zero attached hydrogens (tertiary/aromatic N) is 1. The van der Waals surface area contributed by atoms with Crippen LogP contribution in [0.25, 0.3) is 0 Å². The molecule has 0 heterocycles. The molecular weight excluding hydrogens is 222 g/mol. The summed E-state index contributed by atoms with van der Waals surface area (Å²) in [6.45, 7) is 5.74. The summed E-state index contributed by atoms with van der Waals surface area (Å²) in [5.41, 5.74) is 0.481. The molecule has 1 aromatic carbocycles. The van der Waals surface area contributed by atoms with Crippen molar-refractivity contribution in [3.63, 3.8) is 0 Å². The highest BCUT2D eigenvalue weighted by molar-refractivity contribution is 6.30. The zero-order valence-corrected chi connectivity index (χ0v) is 10.5. The zero-order chi connectivity index (χ0) is 12.3. The molecule has 0 unspecified atom stereocenters. The van der Waals surface area contributed by atoms with Crippen LogP contribution in [0.15, 0.2) is 24.3 Å². The maximum Gasteiger partial charge on any atom is 0.0976 e. The van der Waals surface area contributed by atoms with Crippen LogP contribution in [0.2, 0.25) is 5.02 Å². The molecule has 0 bridgehead atoms. The highest BCUT2D eigenvalue weighted by Crippen LogP contribution is 2.31. The Hall–Kier alpha value is -1.04. The van der Waals surface area contributed by atoms with Crippen molar-refractivity contribution < 1.29 is 5.11 Å². The van der Waals surface area contributed by atoms with Gasteiger partial charge in [0, 0.05) is 5.02 Å². The lowest BCUT2D eigenvalue weighted by molar-refractivity contribution is 0.0527. The van der Waals surface area contributed by atoms with Crippen LogP contribution in [0.5, 0.6) is 0 Å². The van der Waals surface area contributed by atoms with Crippen LogP contribution in [0.1, 0.15) is 32.3 Å². The normalized spacial score (nSPS) is 15.2. The van der Waals surface area contributed by atoms with Gasteiger partial charge in [-0.05, 0) is 23.1 Å². The summed E-state index contributed by atoms with van der Waals surface area (Å²) < 4.78 is 0. The van der Waals surface area contributed by atoms with Crippen LogP contribution in [-0.4, -0.2) is 11.2 Å². The number of aliphatic hydroxyl groups excluding tert-OH is 1. The van der Waals surface area contributed by atoms with Gasteiger partial charge in [-0.25, -0.2) is 0 Å². The van der Waals surface area contributed by atoms with E-state index in [1.165, 1.54) is 0 Å². The van der Waals surface area contributed by atoms with Crippen molar-refractivity contribution in [2.45, 2.75) is 32.8 Å². The summed E-state index contributed by atoms with van der Waals surface area (Å²) in [5, 5.41) is 19.9. The fourth-order valence-corrected chi connectivity index (χ4v) is 1.62. The minimum Gasteiger partial charge on any atom is -0.391 e. The van der Waals surface area contributed by atoms with Crippen LogP contribution in [0.3, 0.4) is 0 Å². The molecule has 0 radical (unpaired) electrons. The highest BCUT2D eigenvalue weighted by atomic mass is 35.5. The number of aliphatic hydroxyl groups is 1. The van der Waals surface area contributed by atoms with Crippen molar-refractivity contribution in [1.82, 2.24) is 0 Å². The van der Waals surface area contributed by atoms with Gasteiger partial charge in [0.05, 0.1) is 18.1 Å². The van der Waals surface area contributed by atoms with Gasteiger partial charge in [-0.3, -0.25) is 0 Å². The topological polar surface area (TPSA) is 44.0 Å². The smallest absolute Gasteiger partial charge is 0.0976 e. The van der Waals surface area contributed by atoms with Crippen LogP contribution < -0.4 is 0 Å². The lowest BCUT2D eigenvalue weighted by Gasteiger charge is -2.29. The molecule has 1 aromatic rings. The fraction of sp³-hybridized carbons (Fsp3) is 0.462. The third-order valence-corrected chi connectivity index (χ3v) is 2.82. The predicted molar refractivity (Wildman–Crippen MR) is 65.3 cm³/mol. The van der Waals surface area contributed by atoms with Crippen molar-refractivity contribution in [2.75, 3.05) is 0 Å². The Morgan fingerprint density at radius 3 is 2.12 bits per heavy atom. The number of benzene rings is 1. The first-order chi connectivity index (χ1) is 7.36. The second-order valence-electron chi connectivity index (χ2n) is 4.97. The summed E-state index contributed by atoms with van der Waals surface area (Å²) in [7, 11) is 0. The average Bonchev–Trinajstić information content (AvgIpc) is 2.20. The molecule has 0 amide bonds. The van der Waals surface area contributed by atoms with Crippen LogP contribution in [0, 0.1) is 16.7 Å². The molecular formula is C13H16ClNO.